The van der Waals surface area contributed by atoms with Gasteiger partial charge < -0.3 is 40.2 Å². The Morgan fingerprint density at radius 3 is 1.36 bits per heavy atom. The van der Waals surface area contributed by atoms with Crippen molar-refractivity contribution in [3.05, 3.63) is 122 Å². The number of phenolic OH excluding ortho intramolecular Hbond substituents is 2. The molecule has 0 saturated carbocycles. The summed E-state index contributed by atoms with van der Waals surface area (Å²) in [6.45, 7) is 30.6. The Bertz CT molecular complexity index is 2290. The van der Waals surface area contributed by atoms with Gasteiger partial charge >= 0.3 is 29.8 Å². The van der Waals surface area contributed by atoms with E-state index in [1.165, 1.54) is 23.5 Å². The van der Waals surface area contributed by atoms with E-state index in [2.05, 4.69) is 4.98 Å². The first-order valence-electron chi connectivity index (χ1n) is 23.9. The Morgan fingerprint density at radius 1 is 0.548 bits per heavy atom. The van der Waals surface area contributed by atoms with E-state index in [1.54, 1.807) is 66.4 Å². The molecular weight excluding hydrogens is 971 g/mol. The number of aliphatic carboxylic acids is 5. The molecule has 0 radical (unpaired) electrons. The molecule has 0 bridgehead atoms. The largest absolute Gasteiger partial charge is 0.508 e. The van der Waals surface area contributed by atoms with Crippen LogP contribution in [0.25, 0.3) is 0 Å². The van der Waals surface area contributed by atoms with Crippen LogP contribution in [0.1, 0.15) is 149 Å². The van der Waals surface area contributed by atoms with Gasteiger partial charge in [-0.2, -0.15) is 0 Å². The van der Waals surface area contributed by atoms with Crippen LogP contribution in [0.4, 0.5) is 0 Å². The van der Waals surface area contributed by atoms with Gasteiger partial charge in [0.2, 0.25) is 0 Å². The van der Waals surface area contributed by atoms with Gasteiger partial charge in [-0.05, 0) is 98.9 Å². The fourth-order valence-electron chi connectivity index (χ4n) is 7.65. The number of hydrogen-bond donors (Lipinski definition) is 7. The average molecular weight is 1050 g/mol. The van der Waals surface area contributed by atoms with E-state index in [9.17, 15) is 34.2 Å². The molecule has 5 atom stereocenters. The molecule has 0 aliphatic carbocycles. The molecular formula is C57H81NO13S2. The van der Waals surface area contributed by atoms with Crippen molar-refractivity contribution < 1.29 is 64.1 Å². The zero-order chi connectivity index (χ0) is 56.4. The van der Waals surface area contributed by atoms with Crippen LogP contribution in [0, 0.1) is 51.8 Å². The van der Waals surface area contributed by atoms with Crippen molar-refractivity contribution in [2.45, 2.75) is 142 Å². The highest BCUT2D eigenvalue weighted by molar-refractivity contribution is 7.09. The van der Waals surface area contributed by atoms with Crippen LogP contribution in [0.3, 0.4) is 0 Å². The van der Waals surface area contributed by atoms with Crippen molar-refractivity contribution in [1.29, 1.82) is 0 Å². The zero-order valence-electron chi connectivity index (χ0n) is 45.5. The molecule has 5 aromatic rings. The Labute approximate surface area is 440 Å². The predicted octanol–water partition coefficient (Wildman–Crippen LogP) is 13.6. The molecule has 14 nitrogen and oxygen atoms in total. The standard InChI is InChI=1S/C13H18O3.C12H16O3.C11H16O3.C11H16O2S.C10H15NO2S/c1-8-7-9(5-6-10(8)14)11(12(15)16)13(2,3)4;1-12(2,3)10(11(14)15)8-4-6-9(13)7-5-8;2*1-11(2,3)9(10(12)13)7-8-5-4-6-14-8;1-10(2,3)8(9(12)13)4-7-5-14-6-11-7/h5-7,11,14H,1-4H3,(H,15,16);4-7,10,13H,1-3H3,(H,14,15);2*4-6,9H,7H2,1-3H3,(H,12,13);5-6,8H,4H2,1-3H3,(H,12,13)/t;10-;2*9-;8-/m.0110/s1. The number of carbonyl (C=O) groups is 5. The summed E-state index contributed by atoms with van der Waals surface area (Å²) in [5, 5.41) is 68.1. The van der Waals surface area contributed by atoms with Crippen molar-refractivity contribution in [3.63, 3.8) is 0 Å². The third-order valence-electron chi connectivity index (χ3n) is 11.9. The number of furan rings is 1. The van der Waals surface area contributed by atoms with Crippen molar-refractivity contribution in [2.75, 3.05) is 0 Å². The van der Waals surface area contributed by atoms with E-state index in [4.69, 9.17) is 29.9 Å². The Hall–Kier alpha value is -6.00. The average Bonchev–Trinajstić information content (AvgIpc) is 4.04. The van der Waals surface area contributed by atoms with Gasteiger partial charge in [-0.15, -0.1) is 22.7 Å². The van der Waals surface area contributed by atoms with Gasteiger partial charge in [-0.3, -0.25) is 24.0 Å². The van der Waals surface area contributed by atoms with E-state index in [0.29, 0.717) is 30.4 Å². The molecule has 1 unspecified atom stereocenters. The van der Waals surface area contributed by atoms with Crippen LogP contribution >= 0.6 is 22.7 Å². The lowest BCUT2D eigenvalue weighted by molar-refractivity contribution is -0.146. The van der Waals surface area contributed by atoms with E-state index in [-0.39, 0.29) is 50.4 Å². The molecule has 404 valence electrons. The van der Waals surface area contributed by atoms with Crippen LogP contribution in [0.15, 0.2) is 93.7 Å². The molecule has 0 saturated heterocycles. The lowest BCUT2D eigenvalue weighted by Gasteiger charge is -2.27. The second-order valence-electron chi connectivity index (χ2n) is 23.4. The molecule has 16 heteroatoms. The highest BCUT2D eigenvalue weighted by Crippen LogP contribution is 2.38. The predicted molar refractivity (Wildman–Crippen MR) is 289 cm³/mol. The number of benzene rings is 2. The number of aryl methyl sites for hydroxylation is 1. The number of carboxylic acid groups (broad SMARTS) is 5. The third kappa shape index (κ3) is 23.2. The fraction of sp³-hybridized carbons (Fsp3) is 0.509. The minimum atomic E-state index is -0.840. The normalized spacial score (nSPS) is 13.8. The third-order valence-corrected chi connectivity index (χ3v) is 13.4. The maximum atomic E-state index is 11.3. The van der Waals surface area contributed by atoms with Crippen molar-refractivity contribution in [1.82, 2.24) is 4.98 Å². The molecule has 73 heavy (non-hydrogen) atoms. The number of phenols is 2. The second-order valence-corrected chi connectivity index (χ2v) is 25.2. The number of aromatic nitrogens is 1. The minimum Gasteiger partial charge on any atom is -0.508 e. The van der Waals surface area contributed by atoms with E-state index in [0.717, 1.165) is 21.9 Å². The molecule has 2 aromatic carbocycles. The Balaban J connectivity index is 0.000000457. The van der Waals surface area contributed by atoms with Gasteiger partial charge in [-0.1, -0.05) is 134 Å². The quantitative estimate of drug-likeness (QED) is 0.0579. The summed E-state index contributed by atoms with van der Waals surface area (Å²) in [5.41, 5.74) is 3.40. The van der Waals surface area contributed by atoms with Crippen molar-refractivity contribution in [2.24, 2.45) is 44.8 Å². The summed E-state index contributed by atoms with van der Waals surface area (Å²) in [4.78, 5) is 60.9. The highest BCUT2D eigenvalue weighted by Gasteiger charge is 2.35. The first-order chi connectivity index (χ1) is 33.3. The summed E-state index contributed by atoms with van der Waals surface area (Å²) in [7, 11) is 0. The van der Waals surface area contributed by atoms with Gasteiger partial charge in [-0.25, -0.2) is 4.98 Å². The van der Waals surface area contributed by atoms with Gasteiger partial charge in [0.1, 0.15) is 17.3 Å². The van der Waals surface area contributed by atoms with Gasteiger partial charge in [0.25, 0.3) is 0 Å². The molecule has 5 rings (SSSR count). The molecule has 3 aromatic heterocycles. The fourth-order valence-corrected chi connectivity index (χ4v) is 8.97. The van der Waals surface area contributed by atoms with E-state index in [1.807, 2.05) is 133 Å². The highest BCUT2D eigenvalue weighted by atomic mass is 32.1. The SMILES string of the molecule is CC(C)(C)[C@@H](Cc1cscn1)C(=O)O.CC(C)(C)[C@H](C(=O)O)c1ccc(O)cc1.CC(C)(C)[C@H](Cc1ccco1)C(=O)O.CC(C)(C)[C@H](Cc1cccs1)C(=O)O.Cc1cc(C(C(=O)O)C(C)(C)C)ccc1O. The zero-order valence-corrected chi connectivity index (χ0v) is 47.1. The lowest BCUT2D eigenvalue weighted by atomic mass is 9.76. The number of aromatic hydroxyl groups is 2. The van der Waals surface area contributed by atoms with Crippen LogP contribution in [0.5, 0.6) is 11.5 Å². The van der Waals surface area contributed by atoms with Crippen LogP contribution < -0.4 is 0 Å². The van der Waals surface area contributed by atoms with Crippen molar-refractivity contribution >= 4 is 52.5 Å². The maximum Gasteiger partial charge on any atom is 0.311 e. The number of carboxylic acids is 5. The van der Waals surface area contributed by atoms with E-state index < -0.39 is 47.6 Å². The van der Waals surface area contributed by atoms with E-state index >= 15 is 0 Å². The van der Waals surface area contributed by atoms with Crippen molar-refractivity contribution in [3.8, 4) is 11.5 Å². The van der Waals surface area contributed by atoms with Crippen LogP contribution in [-0.2, 0) is 43.2 Å². The molecule has 7 N–H and O–H groups in total. The number of thiophene rings is 1. The molecule has 0 fully saturated rings. The monoisotopic (exact) mass is 1050 g/mol. The smallest absolute Gasteiger partial charge is 0.311 e. The minimum absolute atomic E-state index is 0.150. The molecule has 0 aliphatic heterocycles. The topological polar surface area (TPSA) is 253 Å². The number of rotatable bonds is 13. The number of hydrogen-bond acceptors (Lipinski definition) is 11. The maximum absolute atomic E-state index is 11.3. The first kappa shape index (κ1) is 65.0. The Morgan fingerprint density at radius 2 is 1.00 bits per heavy atom. The summed E-state index contributed by atoms with van der Waals surface area (Å²) >= 11 is 3.12. The van der Waals surface area contributed by atoms with Gasteiger partial charge in [0, 0.05) is 23.1 Å². The lowest BCUT2D eigenvalue weighted by Crippen LogP contribution is -2.30. The second kappa shape index (κ2) is 27.9. The first-order valence-corrected chi connectivity index (χ1v) is 25.7. The molecule has 0 spiro atoms. The molecule has 0 aliphatic rings. The summed E-state index contributed by atoms with van der Waals surface area (Å²) in [6.07, 6.45) is 3.17. The Kier molecular flexibility index (Phi) is 24.8. The van der Waals surface area contributed by atoms with Crippen LogP contribution in [0.2, 0.25) is 0 Å². The molecule has 0 amide bonds. The number of thiazole rings is 1. The summed E-state index contributed by atoms with van der Waals surface area (Å²) < 4.78 is 5.15. The summed E-state index contributed by atoms with van der Waals surface area (Å²) in [6, 6.07) is 18.8. The number of nitrogens with zero attached hydrogens (tertiary/aromatic N) is 1. The van der Waals surface area contributed by atoms with Gasteiger partial charge in [0.05, 0.1) is 47.1 Å². The molecule has 3 heterocycles. The summed E-state index contributed by atoms with van der Waals surface area (Å²) in [5.74, 6) is -5.02. The van der Waals surface area contributed by atoms with Crippen LogP contribution in [-0.4, -0.2) is 70.6 Å². The van der Waals surface area contributed by atoms with Gasteiger partial charge in [0.15, 0.2) is 0 Å².